The van der Waals surface area contributed by atoms with E-state index in [1.165, 1.54) is 44.1 Å². The highest BCUT2D eigenvalue weighted by molar-refractivity contribution is 6.08. The van der Waals surface area contributed by atoms with E-state index in [9.17, 15) is 0 Å². The first-order chi connectivity index (χ1) is 16.7. The zero-order chi connectivity index (χ0) is 23.1. The SMILES string of the molecule is Cc1ccccc1-n1c(CCCCc2ccc3c(c2)c2ccccc2n3C)nc2ccccc21. The number of benzene rings is 4. The Morgan fingerprint density at radius 1 is 0.676 bits per heavy atom. The largest absolute Gasteiger partial charge is 0.344 e. The van der Waals surface area contributed by atoms with E-state index in [1.54, 1.807) is 0 Å². The van der Waals surface area contributed by atoms with Crippen molar-refractivity contribution in [1.29, 1.82) is 0 Å². The molecule has 0 atom stereocenters. The lowest BCUT2D eigenvalue weighted by molar-refractivity contribution is 0.701. The highest BCUT2D eigenvalue weighted by Gasteiger charge is 2.13. The van der Waals surface area contributed by atoms with Crippen molar-refractivity contribution in [3.8, 4) is 5.69 Å². The average Bonchev–Trinajstić information content (AvgIpc) is 3.37. The number of nitrogens with zero attached hydrogens (tertiary/aromatic N) is 3. The van der Waals surface area contributed by atoms with E-state index in [1.807, 2.05) is 0 Å². The Morgan fingerprint density at radius 2 is 1.38 bits per heavy atom. The molecule has 0 fully saturated rings. The van der Waals surface area contributed by atoms with Crippen LogP contribution in [0.2, 0.25) is 0 Å². The maximum atomic E-state index is 5.01. The third kappa shape index (κ3) is 3.49. The number of hydrogen-bond acceptors (Lipinski definition) is 1. The molecule has 2 aromatic heterocycles. The minimum Gasteiger partial charge on any atom is -0.344 e. The molecule has 0 aliphatic rings. The molecule has 0 radical (unpaired) electrons. The lowest BCUT2D eigenvalue weighted by Gasteiger charge is -2.12. The Kier molecular flexibility index (Phi) is 5.18. The molecular weight excluding hydrogens is 414 g/mol. The van der Waals surface area contributed by atoms with E-state index in [0.29, 0.717) is 0 Å². The van der Waals surface area contributed by atoms with Crippen LogP contribution < -0.4 is 0 Å². The van der Waals surface area contributed by atoms with E-state index in [4.69, 9.17) is 4.98 Å². The number of fused-ring (bicyclic) bond motifs is 4. The van der Waals surface area contributed by atoms with Gasteiger partial charge in [0.05, 0.1) is 16.7 Å². The predicted molar refractivity (Wildman–Crippen MR) is 143 cm³/mol. The predicted octanol–water partition coefficient (Wildman–Crippen LogP) is 7.54. The summed E-state index contributed by atoms with van der Waals surface area (Å²) in [7, 11) is 2.16. The zero-order valence-electron chi connectivity index (χ0n) is 19.8. The molecule has 0 spiro atoms. The second-order valence-electron chi connectivity index (χ2n) is 9.27. The van der Waals surface area contributed by atoms with E-state index in [-0.39, 0.29) is 0 Å². The lowest BCUT2D eigenvalue weighted by Crippen LogP contribution is -2.03. The van der Waals surface area contributed by atoms with Gasteiger partial charge in [0.25, 0.3) is 0 Å². The quantitative estimate of drug-likeness (QED) is 0.244. The van der Waals surface area contributed by atoms with Crippen molar-refractivity contribution in [3.05, 3.63) is 108 Å². The molecule has 3 heteroatoms. The number of imidazole rings is 1. The second-order valence-corrected chi connectivity index (χ2v) is 9.27. The van der Waals surface area contributed by atoms with Gasteiger partial charge in [0.1, 0.15) is 5.82 Å². The standard InChI is InChI=1S/C31H29N3/c1-22-11-3-7-15-27(22)34-30-17-9-6-14-26(30)32-31(34)18-10-4-12-23-19-20-29-25(21-23)24-13-5-8-16-28(24)33(29)2/h3,5-9,11,13-17,19-21H,4,10,12,18H2,1-2H3. The van der Waals surface area contributed by atoms with Crippen LogP contribution in [0.15, 0.2) is 91.0 Å². The summed E-state index contributed by atoms with van der Waals surface area (Å²) in [5.41, 5.74) is 8.77. The monoisotopic (exact) mass is 443 g/mol. The van der Waals surface area contributed by atoms with Crippen LogP contribution in [0.1, 0.15) is 29.8 Å². The molecule has 0 amide bonds. The lowest BCUT2D eigenvalue weighted by atomic mass is 10.0. The van der Waals surface area contributed by atoms with Gasteiger partial charge < -0.3 is 4.57 Å². The van der Waals surface area contributed by atoms with Crippen LogP contribution in [0.4, 0.5) is 0 Å². The van der Waals surface area contributed by atoms with Crippen molar-refractivity contribution >= 4 is 32.8 Å². The van der Waals surface area contributed by atoms with Crippen molar-refractivity contribution in [3.63, 3.8) is 0 Å². The number of rotatable bonds is 6. The Balaban J connectivity index is 1.23. The van der Waals surface area contributed by atoms with Gasteiger partial charge in [0.15, 0.2) is 0 Å². The molecule has 0 aliphatic heterocycles. The highest BCUT2D eigenvalue weighted by atomic mass is 15.1. The third-order valence-electron chi connectivity index (χ3n) is 7.08. The Labute approximate surface area is 200 Å². The molecule has 6 rings (SSSR count). The van der Waals surface area contributed by atoms with Crippen molar-refractivity contribution in [2.24, 2.45) is 7.05 Å². The first-order valence-electron chi connectivity index (χ1n) is 12.2. The molecule has 168 valence electrons. The van der Waals surface area contributed by atoms with Crippen LogP contribution in [0.25, 0.3) is 38.5 Å². The zero-order valence-corrected chi connectivity index (χ0v) is 19.8. The number of para-hydroxylation sites is 4. The Bertz CT molecular complexity index is 1630. The minimum absolute atomic E-state index is 0.972. The molecule has 2 heterocycles. The molecule has 0 saturated heterocycles. The molecule has 6 aromatic rings. The van der Waals surface area contributed by atoms with Crippen molar-refractivity contribution in [2.45, 2.75) is 32.6 Å². The average molecular weight is 444 g/mol. The maximum absolute atomic E-state index is 5.01. The molecule has 0 saturated carbocycles. The topological polar surface area (TPSA) is 22.8 Å². The van der Waals surface area contributed by atoms with Crippen LogP contribution >= 0.6 is 0 Å². The van der Waals surface area contributed by atoms with E-state index < -0.39 is 0 Å². The summed E-state index contributed by atoms with van der Waals surface area (Å²) in [5.74, 6) is 1.15. The summed E-state index contributed by atoms with van der Waals surface area (Å²) in [5, 5.41) is 2.70. The maximum Gasteiger partial charge on any atom is 0.114 e. The van der Waals surface area contributed by atoms with Gasteiger partial charge in [-0.1, -0.05) is 54.6 Å². The van der Waals surface area contributed by atoms with Gasteiger partial charge in [0, 0.05) is 35.3 Å². The summed E-state index contributed by atoms with van der Waals surface area (Å²) in [4.78, 5) is 5.01. The molecular formula is C31H29N3. The molecule has 0 N–H and O–H groups in total. The summed E-state index contributed by atoms with van der Waals surface area (Å²) < 4.78 is 4.65. The van der Waals surface area contributed by atoms with Gasteiger partial charge in [-0.15, -0.1) is 0 Å². The van der Waals surface area contributed by atoms with Crippen LogP contribution in [0.5, 0.6) is 0 Å². The summed E-state index contributed by atoms with van der Waals surface area (Å²) >= 11 is 0. The fourth-order valence-electron chi connectivity index (χ4n) is 5.31. The van der Waals surface area contributed by atoms with Crippen LogP contribution in [-0.4, -0.2) is 14.1 Å². The molecule has 34 heavy (non-hydrogen) atoms. The molecule has 4 aromatic carbocycles. The first-order valence-corrected chi connectivity index (χ1v) is 12.2. The number of aromatic nitrogens is 3. The van der Waals surface area contributed by atoms with Gasteiger partial charge in [-0.3, -0.25) is 4.57 Å². The second kappa shape index (κ2) is 8.49. The summed E-state index contributed by atoms with van der Waals surface area (Å²) in [6.07, 6.45) is 4.32. The minimum atomic E-state index is 0.972. The van der Waals surface area contributed by atoms with Crippen LogP contribution in [-0.2, 0) is 19.9 Å². The van der Waals surface area contributed by atoms with E-state index in [2.05, 4.69) is 114 Å². The van der Waals surface area contributed by atoms with Crippen molar-refractivity contribution < 1.29 is 0 Å². The summed E-state index contributed by atoms with van der Waals surface area (Å²) in [6.45, 7) is 2.18. The first kappa shape index (κ1) is 20.7. The summed E-state index contributed by atoms with van der Waals surface area (Å²) in [6, 6.07) is 32.7. The Hall–Kier alpha value is -3.85. The molecule has 0 unspecified atom stereocenters. The third-order valence-corrected chi connectivity index (χ3v) is 7.08. The van der Waals surface area contributed by atoms with Crippen molar-refractivity contribution in [2.75, 3.05) is 0 Å². The fraction of sp³-hybridized carbons (Fsp3) is 0.194. The highest BCUT2D eigenvalue weighted by Crippen LogP contribution is 2.29. The number of hydrogen-bond donors (Lipinski definition) is 0. The van der Waals surface area contributed by atoms with Gasteiger partial charge in [0.2, 0.25) is 0 Å². The molecule has 0 bridgehead atoms. The fourth-order valence-corrected chi connectivity index (χ4v) is 5.31. The van der Waals surface area contributed by atoms with Gasteiger partial charge in [-0.05, 0) is 73.7 Å². The molecule has 3 nitrogen and oxygen atoms in total. The normalized spacial score (nSPS) is 11.7. The molecule has 0 aliphatic carbocycles. The van der Waals surface area contributed by atoms with Crippen LogP contribution in [0, 0.1) is 6.92 Å². The van der Waals surface area contributed by atoms with Gasteiger partial charge in [-0.2, -0.15) is 0 Å². The number of unbranched alkanes of at least 4 members (excludes halogenated alkanes) is 1. The smallest absolute Gasteiger partial charge is 0.114 e. The van der Waals surface area contributed by atoms with E-state index >= 15 is 0 Å². The van der Waals surface area contributed by atoms with Gasteiger partial charge in [-0.25, -0.2) is 4.98 Å². The van der Waals surface area contributed by atoms with E-state index in [0.717, 1.165) is 37.0 Å². The van der Waals surface area contributed by atoms with Gasteiger partial charge >= 0.3 is 0 Å². The number of aryl methyl sites for hydroxylation is 4. The Morgan fingerprint density at radius 3 is 2.26 bits per heavy atom. The van der Waals surface area contributed by atoms with Crippen LogP contribution in [0.3, 0.4) is 0 Å². The van der Waals surface area contributed by atoms with Crippen molar-refractivity contribution in [1.82, 2.24) is 14.1 Å².